The van der Waals surface area contributed by atoms with Gasteiger partial charge < -0.3 is 0 Å². The molecule has 1 aromatic carbocycles. The normalized spacial score (nSPS) is 15.9. The van der Waals surface area contributed by atoms with Crippen LogP contribution in [-0.4, -0.2) is 5.91 Å². The Kier molecular flexibility index (Phi) is 3.43. The molecule has 2 heteroatoms. The number of rotatable bonds is 2. The molecule has 0 atom stereocenters. The Morgan fingerprint density at radius 2 is 2.15 bits per heavy atom. The first-order valence-electron chi connectivity index (χ1n) is 7.15. The Morgan fingerprint density at radius 3 is 3.00 bits per heavy atom. The van der Waals surface area contributed by atoms with Crippen molar-refractivity contribution < 1.29 is 4.79 Å². The van der Waals surface area contributed by atoms with E-state index in [1.165, 1.54) is 0 Å². The van der Waals surface area contributed by atoms with Crippen LogP contribution in [0.1, 0.15) is 38.2 Å². The van der Waals surface area contributed by atoms with Crippen LogP contribution in [0.4, 0.5) is 5.69 Å². The minimum Gasteiger partial charge on any atom is -0.279 e. The van der Waals surface area contributed by atoms with Gasteiger partial charge in [-0.25, -0.2) is 0 Å². The zero-order chi connectivity index (χ0) is 13.9. The number of hydrogen-bond acceptors (Lipinski definition) is 1. The SMILES string of the molecule is CCCC(=O)N1C2=C(C#Cc3ccccc31)CCC=C2. The van der Waals surface area contributed by atoms with Gasteiger partial charge >= 0.3 is 0 Å². The van der Waals surface area contributed by atoms with Crippen LogP contribution in [0.3, 0.4) is 0 Å². The van der Waals surface area contributed by atoms with Crippen LogP contribution >= 0.6 is 0 Å². The molecule has 0 radical (unpaired) electrons. The Hall–Kier alpha value is -2.27. The summed E-state index contributed by atoms with van der Waals surface area (Å²) in [5, 5.41) is 0. The summed E-state index contributed by atoms with van der Waals surface area (Å²) in [4.78, 5) is 14.4. The average molecular weight is 263 g/mol. The highest BCUT2D eigenvalue weighted by Gasteiger charge is 2.25. The Morgan fingerprint density at radius 1 is 1.30 bits per heavy atom. The fourth-order valence-electron chi connectivity index (χ4n) is 2.63. The van der Waals surface area contributed by atoms with Crippen LogP contribution in [-0.2, 0) is 4.79 Å². The molecule has 1 aromatic rings. The van der Waals surface area contributed by atoms with Crippen LogP contribution < -0.4 is 4.90 Å². The number of hydrogen-bond donors (Lipinski definition) is 0. The van der Waals surface area contributed by atoms with Gasteiger partial charge in [0.25, 0.3) is 0 Å². The highest BCUT2D eigenvalue weighted by molar-refractivity contribution is 5.99. The first-order valence-corrected chi connectivity index (χ1v) is 7.15. The molecule has 2 aliphatic rings. The lowest BCUT2D eigenvalue weighted by Crippen LogP contribution is -2.30. The third-order valence-corrected chi connectivity index (χ3v) is 3.59. The minimum atomic E-state index is 0.143. The van der Waals surface area contributed by atoms with Crippen LogP contribution in [0.25, 0.3) is 0 Å². The molecule has 0 spiro atoms. The number of carbonyl (C=O) groups is 1. The van der Waals surface area contributed by atoms with Gasteiger partial charge in [-0.15, -0.1) is 0 Å². The van der Waals surface area contributed by atoms with E-state index in [4.69, 9.17) is 0 Å². The molecule has 3 rings (SSSR count). The second kappa shape index (κ2) is 5.38. The standard InChI is InChI=1S/C18H17NO/c1-2-7-18(20)19-16-10-5-3-8-14(16)12-13-15-9-4-6-11-17(15)19/h3,5-6,8,10-11H,2,4,7,9H2,1H3. The highest BCUT2D eigenvalue weighted by Crippen LogP contribution is 2.32. The molecule has 0 saturated heterocycles. The highest BCUT2D eigenvalue weighted by atomic mass is 16.2. The fourth-order valence-corrected chi connectivity index (χ4v) is 2.63. The summed E-state index contributed by atoms with van der Waals surface area (Å²) in [5.74, 6) is 6.61. The van der Waals surface area contributed by atoms with Crippen molar-refractivity contribution in [3.63, 3.8) is 0 Å². The molecule has 0 bridgehead atoms. The fraction of sp³-hybridized carbons (Fsp3) is 0.278. The number of nitrogens with zero attached hydrogens (tertiary/aromatic N) is 1. The monoisotopic (exact) mass is 263 g/mol. The van der Waals surface area contributed by atoms with E-state index in [0.29, 0.717) is 6.42 Å². The number of fused-ring (bicyclic) bond motifs is 1. The van der Waals surface area contributed by atoms with Gasteiger partial charge in [0.15, 0.2) is 0 Å². The number of carbonyl (C=O) groups excluding carboxylic acids is 1. The second-order valence-electron chi connectivity index (χ2n) is 5.05. The number of amides is 1. The van der Waals surface area contributed by atoms with Crippen molar-refractivity contribution in [3.8, 4) is 11.8 Å². The van der Waals surface area contributed by atoms with E-state index in [9.17, 15) is 4.79 Å². The molecule has 1 aliphatic carbocycles. The molecule has 0 saturated carbocycles. The molecule has 2 nitrogen and oxygen atoms in total. The maximum absolute atomic E-state index is 12.6. The van der Waals surface area contributed by atoms with Gasteiger partial charge in [0.1, 0.15) is 0 Å². The average Bonchev–Trinajstić information content (AvgIpc) is 2.64. The molecule has 0 fully saturated rings. The Bertz CT molecular complexity index is 670. The minimum absolute atomic E-state index is 0.143. The predicted octanol–water partition coefficient (Wildman–Crippen LogP) is 3.79. The van der Waals surface area contributed by atoms with E-state index < -0.39 is 0 Å². The molecule has 0 unspecified atom stereocenters. The van der Waals surface area contributed by atoms with Gasteiger partial charge in [-0.2, -0.15) is 0 Å². The van der Waals surface area contributed by atoms with Gasteiger partial charge in [0.05, 0.1) is 11.4 Å². The molecular formula is C18H17NO. The second-order valence-corrected chi connectivity index (χ2v) is 5.05. The van der Waals surface area contributed by atoms with E-state index in [2.05, 4.69) is 17.9 Å². The van der Waals surface area contributed by atoms with Crippen molar-refractivity contribution in [3.05, 3.63) is 53.3 Å². The molecular weight excluding hydrogens is 246 g/mol. The van der Waals surface area contributed by atoms with Crippen molar-refractivity contribution >= 4 is 11.6 Å². The summed E-state index contributed by atoms with van der Waals surface area (Å²) in [6.07, 6.45) is 7.50. The Balaban J connectivity index is 2.16. The summed E-state index contributed by atoms with van der Waals surface area (Å²) >= 11 is 0. The van der Waals surface area contributed by atoms with Gasteiger partial charge in [0, 0.05) is 17.6 Å². The number of benzene rings is 1. The summed E-state index contributed by atoms with van der Waals surface area (Å²) in [7, 11) is 0. The molecule has 0 N–H and O–H groups in total. The van der Waals surface area contributed by atoms with Crippen molar-refractivity contribution in [2.75, 3.05) is 4.90 Å². The summed E-state index contributed by atoms with van der Waals surface area (Å²) in [5.41, 5.74) is 3.88. The van der Waals surface area contributed by atoms with Crippen molar-refractivity contribution in [1.82, 2.24) is 0 Å². The first-order chi connectivity index (χ1) is 9.81. The van der Waals surface area contributed by atoms with Crippen LogP contribution in [0.2, 0.25) is 0 Å². The lowest BCUT2D eigenvalue weighted by molar-refractivity contribution is -0.118. The summed E-state index contributed by atoms with van der Waals surface area (Å²) in [6.45, 7) is 2.03. The third kappa shape index (κ3) is 2.16. The summed E-state index contributed by atoms with van der Waals surface area (Å²) in [6, 6.07) is 7.90. The van der Waals surface area contributed by atoms with Crippen molar-refractivity contribution in [2.45, 2.75) is 32.6 Å². The van der Waals surface area contributed by atoms with Gasteiger partial charge in [-0.05, 0) is 37.5 Å². The number of para-hydroxylation sites is 1. The predicted molar refractivity (Wildman–Crippen MR) is 81.1 cm³/mol. The lowest BCUT2D eigenvalue weighted by Gasteiger charge is -2.26. The van der Waals surface area contributed by atoms with E-state index in [-0.39, 0.29) is 5.91 Å². The third-order valence-electron chi connectivity index (χ3n) is 3.59. The zero-order valence-corrected chi connectivity index (χ0v) is 11.6. The quantitative estimate of drug-likeness (QED) is 0.743. The van der Waals surface area contributed by atoms with E-state index in [0.717, 1.165) is 41.8 Å². The largest absolute Gasteiger partial charge is 0.279 e. The molecule has 1 heterocycles. The van der Waals surface area contributed by atoms with E-state index >= 15 is 0 Å². The van der Waals surface area contributed by atoms with E-state index in [1.807, 2.05) is 42.2 Å². The van der Waals surface area contributed by atoms with Crippen LogP contribution in [0.5, 0.6) is 0 Å². The number of allylic oxidation sites excluding steroid dienone is 3. The maximum Gasteiger partial charge on any atom is 0.231 e. The van der Waals surface area contributed by atoms with Crippen molar-refractivity contribution in [1.29, 1.82) is 0 Å². The molecule has 1 amide bonds. The van der Waals surface area contributed by atoms with Crippen LogP contribution in [0, 0.1) is 11.8 Å². The maximum atomic E-state index is 12.6. The van der Waals surface area contributed by atoms with Crippen molar-refractivity contribution in [2.24, 2.45) is 0 Å². The molecule has 20 heavy (non-hydrogen) atoms. The molecule has 1 aliphatic heterocycles. The van der Waals surface area contributed by atoms with Gasteiger partial charge in [-0.1, -0.05) is 37.0 Å². The Labute approximate surface area is 119 Å². The van der Waals surface area contributed by atoms with Gasteiger partial charge in [-0.3, -0.25) is 9.69 Å². The topological polar surface area (TPSA) is 20.3 Å². The zero-order valence-electron chi connectivity index (χ0n) is 11.6. The lowest BCUT2D eigenvalue weighted by atomic mass is 10.0. The van der Waals surface area contributed by atoms with Crippen LogP contribution in [0.15, 0.2) is 47.7 Å². The number of anilines is 1. The first kappa shape index (κ1) is 12.7. The summed E-state index contributed by atoms with van der Waals surface area (Å²) < 4.78 is 0. The smallest absolute Gasteiger partial charge is 0.231 e. The van der Waals surface area contributed by atoms with E-state index in [1.54, 1.807) is 0 Å². The molecule has 0 aromatic heterocycles. The molecule has 100 valence electrons. The van der Waals surface area contributed by atoms with Gasteiger partial charge in [0.2, 0.25) is 5.91 Å².